The minimum Gasteiger partial charge on any atom is -0.492 e. The summed E-state index contributed by atoms with van der Waals surface area (Å²) in [5.41, 5.74) is 6.72. The van der Waals surface area contributed by atoms with E-state index < -0.39 is 33.5 Å². The fraction of sp³-hybridized carbons (Fsp3) is 0.208. The van der Waals surface area contributed by atoms with Crippen LogP contribution in [0.15, 0.2) is 65.6 Å². The van der Waals surface area contributed by atoms with Crippen LogP contribution in [0.5, 0.6) is 11.6 Å². The molecule has 0 saturated heterocycles. The van der Waals surface area contributed by atoms with E-state index in [1.165, 1.54) is 18.2 Å². The molecule has 14 heteroatoms. The number of benzene rings is 3. The zero-order valence-corrected chi connectivity index (χ0v) is 20.5. The van der Waals surface area contributed by atoms with Crippen LogP contribution >= 0.6 is 0 Å². The lowest BCUT2D eigenvalue weighted by Crippen LogP contribution is -2.26. The Bertz CT molecular complexity index is 1520. The fourth-order valence-electron chi connectivity index (χ4n) is 3.58. The van der Waals surface area contributed by atoms with E-state index in [-0.39, 0.29) is 30.4 Å². The van der Waals surface area contributed by atoms with Crippen molar-refractivity contribution in [1.82, 2.24) is 15.5 Å². The highest BCUT2D eigenvalue weighted by atomic mass is 32.2. The van der Waals surface area contributed by atoms with Gasteiger partial charge in [0.2, 0.25) is 5.88 Å². The van der Waals surface area contributed by atoms with E-state index in [2.05, 4.69) is 25.0 Å². The maximum absolute atomic E-state index is 14.0. The van der Waals surface area contributed by atoms with E-state index in [1.54, 1.807) is 30.3 Å². The predicted octanol–water partition coefficient (Wildman–Crippen LogP) is 3.39. The van der Waals surface area contributed by atoms with Gasteiger partial charge in [-0.25, -0.2) is 12.8 Å². The number of hydrogen-bond acceptors (Lipinski definition) is 8. The summed E-state index contributed by atoms with van der Waals surface area (Å²) in [6.45, 7) is -2.25. The third-order valence-electron chi connectivity index (χ3n) is 5.35. The summed E-state index contributed by atoms with van der Waals surface area (Å²) in [7, 11) is -4.24. The SMILES string of the molecule is Nc1ccc(F)c(S(=O)(=O)Nc2cccc([C@@H](O)CNCCOc3ccc4c(OC(F)F)n[nH]c4c3)c2)c1. The van der Waals surface area contributed by atoms with Crippen LogP contribution in [0.4, 0.5) is 24.5 Å². The molecule has 0 bridgehead atoms. The smallest absolute Gasteiger partial charge is 0.388 e. The van der Waals surface area contributed by atoms with Crippen LogP contribution in [0.3, 0.4) is 0 Å². The second-order valence-corrected chi connectivity index (χ2v) is 9.75. The van der Waals surface area contributed by atoms with Crippen molar-refractivity contribution >= 4 is 32.3 Å². The minimum atomic E-state index is -4.24. The van der Waals surface area contributed by atoms with Crippen LogP contribution in [0, 0.1) is 5.82 Å². The van der Waals surface area contributed by atoms with Crippen LogP contribution < -0.4 is 25.2 Å². The van der Waals surface area contributed by atoms with Crippen LogP contribution in [-0.2, 0) is 10.0 Å². The van der Waals surface area contributed by atoms with Gasteiger partial charge in [0.1, 0.15) is 23.1 Å². The zero-order chi connectivity index (χ0) is 27.3. The molecule has 0 unspecified atom stereocenters. The highest BCUT2D eigenvalue weighted by Crippen LogP contribution is 2.27. The first kappa shape index (κ1) is 27.0. The van der Waals surface area contributed by atoms with Gasteiger partial charge in [0.05, 0.1) is 17.0 Å². The van der Waals surface area contributed by atoms with Crippen LogP contribution in [0.1, 0.15) is 11.7 Å². The Morgan fingerprint density at radius 1 is 1.11 bits per heavy atom. The number of fused-ring (bicyclic) bond motifs is 1. The Morgan fingerprint density at radius 3 is 2.71 bits per heavy atom. The molecular formula is C24H24F3N5O5S. The van der Waals surface area contributed by atoms with Crippen molar-refractivity contribution in [2.45, 2.75) is 17.6 Å². The average molecular weight is 552 g/mol. The van der Waals surface area contributed by atoms with Gasteiger partial charge in [-0.05, 0) is 48.0 Å². The number of sulfonamides is 1. The average Bonchev–Trinajstić information content (AvgIpc) is 3.26. The molecule has 4 aromatic rings. The highest BCUT2D eigenvalue weighted by molar-refractivity contribution is 7.92. The molecule has 0 radical (unpaired) electrons. The molecule has 202 valence electrons. The molecule has 1 aromatic heterocycles. The normalized spacial score (nSPS) is 12.6. The Labute approximate surface area is 215 Å². The summed E-state index contributed by atoms with van der Waals surface area (Å²) >= 11 is 0. The van der Waals surface area contributed by atoms with E-state index in [0.29, 0.717) is 28.8 Å². The number of alkyl halides is 2. The number of aromatic nitrogens is 2. The van der Waals surface area contributed by atoms with Gasteiger partial charge in [0.15, 0.2) is 0 Å². The van der Waals surface area contributed by atoms with Crippen molar-refractivity contribution in [2.75, 3.05) is 30.2 Å². The summed E-state index contributed by atoms with van der Waals surface area (Å²) in [5.74, 6) is -0.668. The molecule has 0 aliphatic rings. The van der Waals surface area contributed by atoms with Crippen molar-refractivity contribution in [1.29, 1.82) is 0 Å². The number of rotatable bonds is 12. The molecule has 10 nitrogen and oxygen atoms in total. The van der Waals surface area contributed by atoms with Gasteiger partial charge in [-0.3, -0.25) is 9.82 Å². The molecule has 1 heterocycles. The first-order valence-corrected chi connectivity index (χ1v) is 12.7. The second kappa shape index (κ2) is 11.6. The molecule has 1 atom stereocenters. The third kappa shape index (κ3) is 6.65. The number of nitrogens with zero attached hydrogens (tertiary/aromatic N) is 1. The maximum Gasteiger partial charge on any atom is 0.388 e. The number of nitrogens with one attached hydrogen (secondary N) is 3. The molecule has 0 spiro atoms. The first-order valence-electron chi connectivity index (χ1n) is 11.2. The lowest BCUT2D eigenvalue weighted by atomic mass is 10.1. The summed E-state index contributed by atoms with van der Waals surface area (Å²) < 4.78 is 76.3. The van der Waals surface area contributed by atoms with E-state index in [1.807, 2.05) is 0 Å². The first-order chi connectivity index (χ1) is 18.1. The van der Waals surface area contributed by atoms with Gasteiger partial charge in [-0.2, -0.15) is 8.78 Å². The lowest BCUT2D eigenvalue weighted by molar-refractivity contribution is -0.0518. The summed E-state index contributed by atoms with van der Waals surface area (Å²) in [4.78, 5) is -0.585. The van der Waals surface area contributed by atoms with Crippen molar-refractivity contribution < 1.29 is 36.2 Å². The number of nitrogens with two attached hydrogens (primary N) is 1. The number of aliphatic hydroxyl groups excluding tert-OH is 1. The molecule has 6 N–H and O–H groups in total. The summed E-state index contributed by atoms with van der Waals surface area (Å²) in [5, 5.41) is 20.2. The van der Waals surface area contributed by atoms with Crippen molar-refractivity contribution in [3.05, 3.63) is 72.0 Å². The summed E-state index contributed by atoms with van der Waals surface area (Å²) in [6, 6.07) is 14.1. The number of aromatic amines is 1. The van der Waals surface area contributed by atoms with Crippen molar-refractivity contribution in [3.63, 3.8) is 0 Å². The van der Waals surface area contributed by atoms with E-state index >= 15 is 0 Å². The van der Waals surface area contributed by atoms with Gasteiger partial charge in [0, 0.05) is 30.5 Å². The number of aliphatic hydroxyl groups is 1. The quantitative estimate of drug-likeness (QED) is 0.133. The van der Waals surface area contributed by atoms with Gasteiger partial charge in [-0.15, -0.1) is 5.10 Å². The summed E-state index contributed by atoms with van der Waals surface area (Å²) in [6.07, 6.45) is -0.974. The van der Waals surface area contributed by atoms with Crippen LogP contribution in [-0.4, -0.2) is 50.0 Å². The monoisotopic (exact) mass is 551 g/mol. The van der Waals surface area contributed by atoms with Crippen molar-refractivity contribution in [2.24, 2.45) is 0 Å². The Hall–Kier alpha value is -4.01. The number of nitrogen functional groups attached to an aromatic ring is 1. The molecule has 3 aromatic carbocycles. The van der Waals surface area contributed by atoms with Gasteiger partial charge < -0.3 is 25.6 Å². The topological polar surface area (TPSA) is 152 Å². The number of ether oxygens (including phenoxy) is 2. The third-order valence-corrected chi connectivity index (χ3v) is 6.75. The number of halogens is 3. The molecular weight excluding hydrogens is 527 g/mol. The van der Waals surface area contributed by atoms with Crippen molar-refractivity contribution in [3.8, 4) is 11.6 Å². The molecule has 0 saturated carbocycles. The van der Waals surface area contributed by atoms with Crippen LogP contribution in [0.25, 0.3) is 10.9 Å². The Balaban J connectivity index is 1.27. The molecule has 0 amide bonds. The molecule has 4 rings (SSSR count). The Morgan fingerprint density at radius 2 is 1.92 bits per heavy atom. The molecule has 38 heavy (non-hydrogen) atoms. The molecule has 0 fully saturated rings. The van der Waals surface area contributed by atoms with Gasteiger partial charge in [-0.1, -0.05) is 12.1 Å². The van der Waals surface area contributed by atoms with Crippen LogP contribution in [0.2, 0.25) is 0 Å². The fourth-order valence-corrected chi connectivity index (χ4v) is 4.74. The number of anilines is 2. The number of hydrogen-bond donors (Lipinski definition) is 5. The largest absolute Gasteiger partial charge is 0.492 e. The molecule has 0 aliphatic carbocycles. The Kier molecular flexibility index (Phi) is 8.24. The zero-order valence-electron chi connectivity index (χ0n) is 19.7. The van der Waals surface area contributed by atoms with Gasteiger partial charge in [0.25, 0.3) is 10.0 Å². The predicted molar refractivity (Wildman–Crippen MR) is 134 cm³/mol. The second-order valence-electron chi connectivity index (χ2n) is 8.10. The van der Waals surface area contributed by atoms with E-state index in [4.69, 9.17) is 10.5 Å². The maximum atomic E-state index is 14.0. The number of H-pyrrole nitrogens is 1. The van der Waals surface area contributed by atoms with Gasteiger partial charge >= 0.3 is 6.61 Å². The minimum absolute atomic E-state index is 0.0986. The lowest BCUT2D eigenvalue weighted by Gasteiger charge is -2.15. The van der Waals surface area contributed by atoms with E-state index in [9.17, 15) is 26.7 Å². The molecule has 0 aliphatic heterocycles. The van der Waals surface area contributed by atoms with E-state index in [0.717, 1.165) is 12.1 Å². The highest BCUT2D eigenvalue weighted by Gasteiger charge is 2.20. The standard InChI is InChI=1S/C24H24F3N5O5S/c25-19-7-4-15(28)11-22(19)38(34,35)32-16-3-1-2-14(10-16)21(33)13-29-8-9-36-17-5-6-18-20(12-17)30-31-23(18)37-24(26)27/h1-7,10-12,21,24,29,32-33H,8-9,13,28H2,(H,30,31)/t21-/m0/s1.